The van der Waals surface area contributed by atoms with Crippen LogP contribution >= 0.6 is 0 Å². The van der Waals surface area contributed by atoms with Gasteiger partial charge < -0.3 is 23.8 Å². The summed E-state index contributed by atoms with van der Waals surface area (Å²) in [5, 5.41) is 0. The predicted molar refractivity (Wildman–Crippen MR) is 104 cm³/mol. The van der Waals surface area contributed by atoms with E-state index >= 15 is 0 Å². The standard InChI is InChI=1S/C21H30N2O5/c1-25-18-11-16-13-23(20(24)14-22-5-9-28-10-6-22)15-21(3-7-27-8-4-21)17(16)12-19(18)26-2/h11-12H,3-10,13-15H2,1-2H3. The number of hydrogen-bond acceptors (Lipinski definition) is 6. The number of nitrogens with zero attached hydrogens (tertiary/aromatic N) is 2. The van der Waals surface area contributed by atoms with Crippen LogP contribution in [0.15, 0.2) is 12.1 Å². The van der Waals surface area contributed by atoms with Gasteiger partial charge in [-0.05, 0) is 36.1 Å². The zero-order chi connectivity index (χ0) is 19.6. The Kier molecular flexibility index (Phi) is 5.75. The number of methoxy groups -OCH3 is 2. The SMILES string of the molecule is COc1cc2c(cc1OC)C1(CCOCC1)CN(C(=O)CN1CCOCC1)C2. The van der Waals surface area contributed by atoms with E-state index in [-0.39, 0.29) is 11.3 Å². The van der Waals surface area contributed by atoms with Gasteiger partial charge in [0.1, 0.15) is 0 Å². The van der Waals surface area contributed by atoms with Crippen LogP contribution in [0.2, 0.25) is 0 Å². The number of morpholine rings is 1. The predicted octanol–water partition coefficient (Wildman–Crippen LogP) is 1.43. The topological polar surface area (TPSA) is 60.5 Å². The minimum atomic E-state index is -0.0773. The molecule has 3 aliphatic heterocycles. The van der Waals surface area contributed by atoms with Gasteiger partial charge in [-0.2, -0.15) is 0 Å². The number of fused-ring (bicyclic) bond motifs is 2. The Bertz CT molecular complexity index is 711. The molecule has 0 aromatic heterocycles. The van der Waals surface area contributed by atoms with Crippen molar-refractivity contribution in [2.24, 2.45) is 0 Å². The van der Waals surface area contributed by atoms with Crippen LogP contribution in [0.1, 0.15) is 24.0 Å². The maximum absolute atomic E-state index is 13.1. The number of benzene rings is 1. The quantitative estimate of drug-likeness (QED) is 0.775. The lowest BCUT2D eigenvalue weighted by Gasteiger charge is -2.47. The van der Waals surface area contributed by atoms with Gasteiger partial charge in [-0.15, -0.1) is 0 Å². The Hall–Kier alpha value is -1.83. The number of carbonyl (C=O) groups excluding carboxylic acids is 1. The van der Waals surface area contributed by atoms with Crippen molar-refractivity contribution >= 4 is 5.91 Å². The first kappa shape index (κ1) is 19.5. The molecule has 0 atom stereocenters. The largest absolute Gasteiger partial charge is 0.493 e. The highest BCUT2D eigenvalue weighted by Crippen LogP contribution is 2.45. The summed E-state index contributed by atoms with van der Waals surface area (Å²) in [5.41, 5.74) is 2.36. The molecular weight excluding hydrogens is 360 g/mol. The number of amides is 1. The molecule has 0 bridgehead atoms. The molecule has 1 amide bonds. The lowest BCUT2D eigenvalue weighted by atomic mass is 9.69. The zero-order valence-corrected chi connectivity index (χ0v) is 16.9. The van der Waals surface area contributed by atoms with Crippen molar-refractivity contribution in [3.05, 3.63) is 23.3 Å². The monoisotopic (exact) mass is 390 g/mol. The Morgan fingerprint density at radius 1 is 1.04 bits per heavy atom. The number of carbonyl (C=O) groups is 1. The summed E-state index contributed by atoms with van der Waals surface area (Å²) in [7, 11) is 3.32. The molecule has 154 valence electrons. The second-order valence-electron chi connectivity index (χ2n) is 7.90. The van der Waals surface area contributed by atoms with Gasteiger partial charge in [0, 0.05) is 44.8 Å². The fraction of sp³-hybridized carbons (Fsp3) is 0.667. The summed E-state index contributed by atoms with van der Waals surface area (Å²) in [6.45, 7) is 6.30. The lowest BCUT2D eigenvalue weighted by Crippen LogP contribution is -2.53. The maximum Gasteiger partial charge on any atom is 0.237 e. The van der Waals surface area contributed by atoms with Gasteiger partial charge in [0.25, 0.3) is 0 Å². The Morgan fingerprint density at radius 2 is 1.68 bits per heavy atom. The molecule has 0 aliphatic carbocycles. The van der Waals surface area contributed by atoms with Crippen molar-refractivity contribution in [3.8, 4) is 11.5 Å². The Balaban J connectivity index is 1.63. The molecule has 0 N–H and O–H groups in total. The molecule has 2 fully saturated rings. The van der Waals surface area contributed by atoms with Crippen molar-refractivity contribution < 1.29 is 23.7 Å². The van der Waals surface area contributed by atoms with Crippen LogP contribution < -0.4 is 9.47 Å². The van der Waals surface area contributed by atoms with Gasteiger partial charge in [0.05, 0.1) is 34.0 Å². The number of ether oxygens (including phenoxy) is 4. The van der Waals surface area contributed by atoms with Crippen LogP contribution in [-0.4, -0.2) is 82.5 Å². The van der Waals surface area contributed by atoms with Gasteiger partial charge >= 0.3 is 0 Å². The zero-order valence-electron chi connectivity index (χ0n) is 16.9. The fourth-order valence-electron chi connectivity index (χ4n) is 4.67. The minimum absolute atomic E-state index is 0.0773. The normalized spacial score (nSPS) is 22.0. The van der Waals surface area contributed by atoms with E-state index in [1.807, 2.05) is 11.0 Å². The Morgan fingerprint density at radius 3 is 2.36 bits per heavy atom. The van der Waals surface area contributed by atoms with Crippen LogP contribution in [0, 0.1) is 0 Å². The van der Waals surface area contributed by atoms with E-state index < -0.39 is 0 Å². The summed E-state index contributed by atoms with van der Waals surface area (Å²) < 4.78 is 22.1. The second kappa shape index (κ2) is 8.27. The van der Waals surface area contributed by atoms with Gasteiger partial charge in [0.2, 0.25) is 5.91 Å². The molecule has 0 unspecified atom stereocenters. The summed E-state index contributed by atoms with van der Waals surface area (Å²) in [5.74, 6) is 1.65. The van der Waals surface area contributed by atoms with Crippen LogP contribution in [0.3, 0.4) is 0 Å². The van der Waals surface area contributed by atoms with E-state index in [0.717, 1.165) is 57.0 Å². The highest BCUT2D eigenvalue weighted by atomic mass is 16.5. The first-order valence-electron chi connectivity index (χ1n) is 10.1. The molecule has 3 aliphatic rings. The third-order valence-electron chi connectivity index (χ3n) is 6.30. The average molecular weight is 390 g/mol. The summed E-state index contributed by atoms with van der Waals surface area (Å²) >= 11 is 0. The van der Waals surface area contributed by atoms with Gasteiger partial charge in [-0.1, -0.05) is 0 Å². The van der Waals surface area contributed by atoms with E-state index in [9.17, 15) is 4.79 Å². The molecule has 7 nitrogen and oxygen atoms in total. The van der Waals surface area contributed by atoms with Gasteiger partial charge in [-0.25, -0.2) is 0 Å². The molecule has 0 saturated carbocycles. The van der Waals surface area contributed by atoms with Crippen LogP contribution in [-0.2, 0) is 26.2 Å². The molecule has 1 aromatic carbocycles. The molecule has 1 aromatic rings. The molecule has 2 saturated heterocycles. The first-order valence-corrected chi connectivity index (χ1v) is 10.1. The third kappa shape index (κ3) is 3.71. The van der Waals surface area contributed by atoms with E-state index in [0.29, 0.717) is 32.1 Å². The van der Waals surface area contributed by atoms with Crippen molar-refractivity contribution in [1.29, 1.82) is 0 Å². The number of hydrogen-bond donors (Lipinski definition) is 0. The summed E-state index contributed by atoms with van der Waals surface area (Å²) in [6, 6.07) is 4.16. The third-order valence-corrected chi connectivity index (χ3v) is 6.30. The van der Waals surface area contributed by atoms with Crippen LogP contribution in [0.4, 0.5) is 0 Å². The van der Waals surface area contributed by atoms with E-state index in [4.69, 9.17) is 18.9 Å². The smallest absolute Gasteiger partial charge is 0.237 e. The Labute approximate surface area is 166 Å². The van der Waals surface area contributed by atoms with Crippen molar-refractivity contribution in [2.75, 3.05) is 66.8 Å². The van der Waals surface area contributed by atoms with E-state index in [1.54, 1.807) is 14.2 Å². The van der Waals surface area contributed by atoms with Crippen LogP contribution in [0.5, 0.6) is 11.5 Å². The minimum Gasteiger partial charge on any atom is -0.493 e. The van der Waals surface area contributed by atoms with E-state index in [1.165, 1.54) is 5.56 Å². The number of rotatable bonds is 4. The molecule has 3 heterocycles. The fourth-order valence-corrected chi connectivity index (χ4v) is 4.67. The van der Waals surface area contributed by atoms with Crippen molar-refractivity contribution in [2.45, 2.75) is 24.8 Å². The van der Waals surface area contributed by atoms with Crippen molar-refractivity contribution in [3.63, 3.8) is 0 Å². The first-order chi connectivity index (χ1) is 13.6. The molecule has 4 rings (SSSR count). The highest BCUT2D eigenvalue weighted by molar-refractivity contribution is 5.79. The summed E-state index contributed by atoms with van der Waals surface area (Å²) in [4.78, 5) is 17.3. The van der Waals surface area contributed by atoms with Gasteiger partial charge in [0.15, 0.2) is 11.5 Å². The summed E-state index contributed by atoms with van der Waals surface area (Å²) in [6.07, 6.45) is 1.83. The molecule has 28 heavy (non-hydrogen) atoms. The highest BCUT2D eigenvalue weighted by Gasteiger charge is 2.43. The molecular formula is C21H30N2O5. The van der Waals surface area contributed by atoms with Gasteiger partial charge in [-0.3, -0.25) is 9.69 Å². The second-order valence-corrected chi connectivity index (χ2v) is 7.90. The van der Waals surface area contributed by atoms with Crippen LogP contribution in [0.25, 0.3) is 0 Å². The maximum atomic E-state index is 13.1. The average Bonchev–Trinajstić information content (AvgIpc) is 2.74. The van der Waals surface area contributed by atoms with E-state index in [2.05, 4.69) is 11.0 Å². The molecule has 7 heteroatoms. The molecule has 1 spiro atoms. The molecule has 0 radical (unpaired) electrons. The lowest BCUT2D eigenvalue weighted by molar-refractivity contribution is -0.136. The van der Waals surface area contributed by atoms with Crippen molar-refractivity contribution in [1.82, 2.24) is 9.80 Å².